The van der Waals surface area contributed by atoms with Crippen molar-refractivity contribution in [1.82, 2.24) is 9.13 Å². The summed E-state index contributed by atoms with van der Waals surface area (Å²) in [6.07, 6.45) is 0.532. The summed E-state index contributed by atoms with van der Waals surface area (Å²) in [6.45, 7) is -0.341. The second kappa shape index (κ2) is 5.92. The highest BCUT2D eigenvalue weighted by atomic mass is 35.5. The molecule has 2 N–H and O–H groups in total. The third kappa shape index (κ3) is 2.57. The van der Waals surface area contributed by atoms with E-state index in [0.29, 0.717) is 0 Å². The van der Waals surface area contributed by atoms with Gasteiger partial charge < -0.3 is 14.9 Å². The molecular formula is C12H15ClN2O5. The first-order chi connectivity index (χ1) is 9.49. The van der Waals surface area contributed by atoms with Gasteiger partial charge in [-0.2, -0.15) is 0 Å². The van der Waals surface area contributed by atoms with Gasteiger partial charge in [0.25, 0.3) is 5.56 Å². The maximum absolute atomic E-state index is 12.1. The fourth-order valence-corrected chi connectivity index (χ4v) is 2.29. The highest BCUT2D eigenvalue weighted by Gasteiger charge is 2.35. The molecule has 1 aromatic heterocycles. The highest BCUT2D eigenvalue weighted by molar-refractivity contribution is 6.27. The van der Waals surface area contributed by atoms with Crippen LogP contribution < -0.4 is 11.2 Å². The molecule has 1 fully saturated rings. The topological polar surface area (TPSA) is 93.7 Å². The van der Waals surface area contributed by atoms with E-state index in [9.17, 15) is 14.7 Å². The summed E-state index contributed by atoms with van der Waals surface area (Å²) >= 11 is 5.46. The van der Waals surface area contributed by atoms with Gasteiger partial charge in [0.05, 0.1) is 18.3 Å². The van der Waals surface area contributed by atoms with Crippen LogP contribution >= 0.6 is 11.6 Å². The van der Waals surface area contributed by atoms with E-state index in [1.807, 2.05) is 0 Å². The molecule has 20 heavy (non-hydrogen) atoms. The van der Waals surface area contributed by atoms with E-state index in [-0.39, 0.29) is 18.6 Å². The minimum Gasteiger partial charge on any atom is -0.394 e. The second-order valence-corrected chi connectivity index (χ2v) is 4.80. The molecule has 0 radical (unpaired) electrons. The predicted molar refractivity (Wildman–Crippen MR) is 72.4 cm³/mol. The van der Waals surface area contributed by atoms with Crippen molar-refractivity contribution in [2.75, 3.05) is 6.61 Å². The number of hydrogen-bond donors (Lipinski definition) is 2. The number of halogens is 1. The van der Waals surface area contributed by atoms with Gasteiger partial charge in [-0.3, -0.25) is 13.9 Å². The Labute approximate surface area is 119 Å². The Kier molecular flexibility index (Phi) is 4.44. The molecule has 0 unspecified atom stereocenters. The Balaban J connectivity index is 2.48. The predicted octanol–water partition coefficient (Wildman–Crippen LogP) is -0.603. The standard InChI is InChI=1S/C12H15ClN2O5/c1-14-11(18)7(2-3-13)5-15(12(14)19)10-4-8(17)9(6-16)20-10/h2-3,5,8-10,16-17H,4,6H2,1H3/t8-,9+,10+/m0/s1. The van der Waals surface area contributed by atoms with Gasteiger partial charge >= 0.3 is 5.69 Å². The van der Waals surface area contributed by atoms with Gasteiger partial charge in [-0.25, -0.2) is 4.79 Å². The Morgan fingerprint density at radius 1 is 1.55 bits per heavy atom. The average molecular weight is 303 g/mol. The molecule has 2 heterocycles. The number of ether oxygens (including phenoxy) is 1. The molecule has 0 aromatic carbocycles. The lowest BCUT2D eigenvalue weighted by Gasteiger charge is -2.16. The SMILES string of the molecule is Cn1c(=O)c(C=CCl)cn([C@H]2C[C@H](O)[C@@H](CO)O2)c1=O. The molecule has 0 bridgehead atoms. The van der Waals surface area contributed by atoms with Gasteiger partial charge in [-0.15, -0.1) is 0 Å². The van der Waals surface area contributed by atoms with Crippen LogP contribution in [0.5, 0.6) is 0 Å². The molecule has 0 spiro atoms. The molecule has 2 rings (SSSR count). The Morgan fingerprint density at radius 2 is 2.25 bits per heavy atom. The third-order valence-electron chi connectivity index (χ3n) is 3.27. The molecule has 0 aliphatic carbocycles. The summed E-state index contributed by atoms with van der Waals surface area (Å²) in [5.74, 6) is 0. The Bertz CT molecular complexity index is 636. The summed E-state index contributed by atoms with van der Waals surface area (Å²) in [6, 6.07) is 0. The molecule has 7 nitrogen and oxygen atoms in total. The van der Waals surface area contributed by atoms with Crippen LogP contribution in [0.15, 0.2) is 21.3 Å². The number of aliphatic hydroxyl groups excluding tert-OH is 2. The quantitative estimate of drug-likeness (QED) is 0.777. The van der Waals surface area contributed by atoms with Crippen LogP contribution in [0.1, 0.15) is 18.2 Å². The van der Waals surface area contributed by atoms with Crippen LogP contribution in [-0.2, 0) is 11.8 Å². The zero-order valence-corrected chi connectivity index (χ0v) is 11.5. The zero-order valence-electron chi connectivity index (χ0n) is 10.8. The largest absolute Gasteiger partial charge is 0.394 e. The molecule has 0 amide bonds. The van der Waals surface area contributed by atoms with Crippen molar-refractivity contribution < 1.29 is 14.9 Å². The van der Waals surface area contributed by atoms with Gasteiger partial charge in [0.1, 0.15) is 12.3 Å². The molecule has 8 heteroatoms. The van der Waals surface area contributed by atoms with Gasteiger partial charge in [-0.1, -0.05) is 11.6 Å². The lowest BCUT2D eigenvalue weighted by molar-refractivity contribution is -0.0462. The first kappa shape index (κ1) is 15.0. The van der Waals surface area contributed by atoms with Crippen molar-refractivity contribution in [3.8, 4) is 0 Å². The van der Waals surface area contributed by atoms with Crippen LogP contribution in [0.2, 0.25) is 0 Å². The van der Waals surface area contributed by atoms with E-state index in [1.165, 1.54) is 29.4 Å². The van der Waals surface area contributed by atoms with E-state index >= 15 is 0 Å². The van der Waals surface area contributed by atoms with Crippen LogP contribution in [0.25, 0.3) is 6.08 Å². The van der Waals surface area contributed by atoms with Crippen molar-refractivity contribution in [1.29, 1.82) is 0 Å². The van der Waals surface area contributed by atoms with Gasteiger partial charge in [0, 0.05) is 25.2 Å². The smallest absolute Gasteiger partial charge is 0.332 e. The highest BCUT2D eigenvalue weighted by Crippen LogP contribution is 2.27. The van der Waals surface area contributed by atoms with Crippen molar-refractivity contribution in [3.63, 3.8) is 0 Å². The van der Waals surface area contributed by atoms with E-state index in [1.54, 1.807) is 0 Å². The van der Waals surface area contributed by atoms with Crippen molar-refractivity contribution >= 4 is 17.7 Å². The summed E-state index contributed by atoms with van der Waals surface area (Å²) in [5.41, 5.74) is 0.373. The molecule has 110 valence electrons. The minimum atomic E-state index is -0.860. The Hall–Kier alpha value is -1.41. The monoisotopic (exact) mass is 302 g/mol. The van der Waals surface area contributed by atoms with E-state index in [2.05, 4.69) is 0 Å². The summed E-state index contributed by atoms with van der Waals surface area (Å²) in [4.78, 5) is 23.9. The molecule has 1 saturated heterocycles. The number of aromatic nitrogens is 2. The van der Waals surface area contributed by atoms with E-state index in [4.69, 9.17) is 21.4 Å². The zero-order chi connectivity index (χ0) is 14.9. The molecular weight excluding hydrogens is 288 g/mol. The van der Waals surface area contributed by atoms with Crippen molar-refractivity contribution in [3.05, 3.63) is 38.1 Å². The normalized spacial score (nSPS) is 26.5. The Morgan fingerprint density at radius 3 is 2.80 bits per heavy atom. The van der Waals surface area contributed by atoms with Crippen LogP contribution in [0.3, 0.4) is 0 Å². The summed E-state index contributed by atoms with van der Waals surface area (Å²) in [7, 11) is 1.35. The van der Waals surface area contributed by atoms with E-state index in [0.717, 1.165) is 4.57 Å². The lowest BCUT2D eigenvalue weighted by Crippen LogP contribution is -2.40. The number of rotatable bonds is 3. The molecule has 1 aromatic rings. The molecule has 3 atom stereocenters. The van der Waals surface area contributed by atoms with Gasteiger partial charge in [-0.05, 0) is 6.08 Å². The van der Waals surface area contributed by atoms with Crippen molar-refractivity contribution in [2.24, 2.45) is 7.05 Å². The maximum Gasteiger partial charge on any atom is 0.332 e. The molecule has 0 saturated carbocycles. The van der Waals surface area contributed by atoms with Crippen LogP contribution in [0.4, 0.5) is 0 Å². The fraction of sp³-hybridized carbons (Fsp3) is 0.500. The van der Waals surface area contributed by atoms with Gasteiger partial charge in [0.15, 0.2) is 0 Å². The molecule has 1 aliphatic heterocycles. The minimum absolute atomic E-state index is 0.160. The maximum atomic E-state index is 12.1. The number of nitrogens with zero attached hydrogens (tertiary/aromatic N) is 2. The van der Waals surface area contributed by atoms with Crippen molar-refractivity contribution in [2.45, 2.75) is 24.9 Å². The lowest BCUT2D eigenvalue weighted by atomic mass is 10.2. The average Bonchev–Trinajstić information content (AvgIpc) is 2.80. The fourth-order valence-electron chi connectivity index (χ4n) is 2.15. The van der Waals surface area contributed by atoms with Crippen LogP contribution in [-0.4, -0.2) is 38.2 Å². The van der Waals surface area contributed by atoms with E-state index < -0.39 is 29.7 Å². The first-order valence-electron chi connectivity index (χ1n) is 6.03. The summed E-state index contributed by atoms with van der Waals surface area (Å²) < 4.78 is 7.56. The van der Waals surface area contributed by atoms with Gasteiger partial charge in [0.2, 0.25) is 0 Å². The second-order valence-electron chi connectivity index (χ2n) is 4.55. The number of hydrogen-bond acceptors (Lipinski definition) is 5. The molecule has 1 aliphatic rings. The van der Waals surface area contributed by atoms with Crippen LogP contribution in [0, 0.1) is 0 Å². The number of aliphatic hydroxyl groups is 2. The first-order valence-corrected chi connectivity index (χ1v) is 6.46. The third-order valence-corrected chi connectivity index (χ3v) is 3.40. The summed E-state index contributed by atoms with van der Waals surface area (Å²) in [5, 5.41) is 18.8.